The van der Waals surface area contributed by atoms with Gasteiger partial charge in [0.25, 0.3) is 0 Å². The maximum absolute atomic E-state index is 12.6. The average molecular weight is 440 g/mol. The third-order valence-corrected chi connectivity index (χ3v) is 6.29. The van der Waals surface area contributed by atoms with E-state index in [2.05, 4.69) is 27.6 Å². The number of amides is 1. The van der Waals surface area contributed by atoms with E-state index in [1.54, 1.807) is 26.4 Å². The Hall–Kier alpha value is -3.20. The summed E-state index contributed by atoms with van der Waals surface area (Å²) < 4.78 is 12.0. The molecule has 3 N–H and O–H groups in total. The Morgan fingerprint density at radius 3 is 2.87 bits per heavy atom. The van der Waals surface area contributed by atoms with Gasteiger partial charge in [-0.05, 0) is 42.5 Å². The molecule has 0 radical (unpaired) electrons. The van der Waals surface area contributed by atoms with Crippen LogP contribution in [-0.4, -0.2) is 40.8 Å². The third-order valence-electron chi connectivity index (χ3n) is 5.35. The van der Waals surface area contributed by atoms with Crippen LogP contribution in [0.4, 0.5) is 0 Å². The van der Waals surface area contributed by atoms with E-state index < -0.39 is 0 Å². The van der Waals surface area contributed by atoms with Gasteiger partial charge in [-0.15, -0.1) is 10.2 Å². The van der Waals surface area contributed by atoms with E-state index in [9.17, 15) is 4.79 Å². The Morgan fingerprint density at radius 2 is 2.06 bits per heavy atom. The van der Waals surface area contributed by atoms with Crippen molar-refractivity contribution < 1.29 is 14.3 Å². The number of carbonyl (C=O) groups excluding carboxylic acids is 1. The number of thioether (sulfide) groups is 1. The number of ether oxygens (including phenoxy) is 2. The lowest BCUT2D eigenvalue weighted by Crippen LogP contribution is -2.32. The van der Waals surface area contributed by atoms with E-state index in [4.69, 9.17) is 15.3 Å². The second kappa shape index (κ2) is 9.30. The van der Waals surface area contributed by atoms with Crippen molar-refractivity contribution in [3.63, 3.8) is 0 Å². The van der Waals surface area contributed by atoms with Gasteiger partial charge >= 0.3 is 0 Å². The number of nitrogens with one attached hydrogen (secondary N) is 1. The normalized spacial score (nSPS) is 15.2. The van der Waals surface area contributed by atoms with Crippen LogP contribution in [0.2, 0.25) is 0 Å². The van der Waals surface area contributed by atoms with Crippen LogP contribution in [0.5, 0.6) is 11.5 Å². The first-order chi connectivity index (χ1) is 15.1. The summed E-state index contributed by atoms with van der Waals surface area (Å²) in [6.45, 7) is 0. The molecule has 9 heteroatoms. The molecule has 0 fully saturated rings. The number of nitrogens with two attached hydrogens (primary N) is 1. The van der Waals surface area contributed by atoms with Crippen LogP contribution in [0, 0.1) is 0 Å². The van der Waals surface area contributed by atoms with Crippen molar-refractivity contribution in [3.8, 4) is 22.9 Å². The van der Waals surface area contributed by atoms with Gasteiger partial charge in [0.15, 0.2) is 5.82 Å². The van der Waals surface area contributed by atoms with Crippen molar-refractivity contribution in [2.75, 3.05) is 25.8 Å². The molecule has 0 unspecified atom stereocenters. The van der Waals surface area contributed by atoms with Gasteiger partial charge in [-0.25, -0.2) is 4.68 Å². The summed E-state index contributed by atoms with van der Waals surface area (Å²) in [5, 5.41) is 11.9. The first-order valence-corrected chi connectivity index (χ1v) is 11.0. The molecule has 162 valence electrons. The molecule has 1 aromatic heterocycles. The number of nitrogen functional groups attached to an aromatic ring is 1. The lowest BCUT2D eigenvalue weighted by Gasteiger charge is -2.26. The predicted octanol–water partition coefficient (Wildman–Crippen LogP) is 2.96. The molecule has 3 aromatic rings. The molecule has 1 atom stereocenters. The molecule has 8 nitrogen and oxygen atoms in total. The molecule has 0 spiro atoms. The number of methoxy groups -OCH3 is 2. The number of aromatic nitrogens is 3. The highest BCUT2D eigenvalue weighted by Crippen LogP contribution is 2.33. The molecule has 0 saturated heterocycles. The average Bonchev–Trinajstić information content (AvgIpc) is 3.17. The molecule has 0 saturated carbocycles. The van der Waals surface area contributed by atoms with Crippen molar-refractivity contribution in [2.45, 2.75) is 30.5 Å². The van der Waals surface area contributed by atoms with Crippen LogP contribution in [0.15, 0.2) is 47.6 Å². The lowest BCUT2D eigenvalue weighted by molar-refractivity contribution is -0.119. The summed E-state index contributed by atoms with van der Waals surface area (Å²) in [6.07, 6.45) is 3.08. The fourth-order valence-corrected chi connectivity index (χ4v) is 4.48. The van der Waals surface area contributed by atoms with Crippen LogP contribution >= 0.6 is 11.8 Å². The Morgan fingerprint density at radius 1 is 1.23 bits per heavy atom. The first kappa shape index (κ1) is 21.0. The zero-order valence-electron chi connectivity index (χ0n) is 17.5. The minimum atomic E-state index is -0.0571. The van der Waals surface area contributed by atoms with E-state index >= 15 is 0 Å². The number of rotatable bonds is 7. The van der Waals surface area contributed by atoms with Gasteiger partial charge in [0.2, 0.25) is 11.1 Å². The Kier molecular flexibility index (Phi) is 6.31. The number of nitrogens with zero attached hydrogens (tertiary/aromatic N) is 3. The number of hydrogen-bond acceptors (Lipinski definition) is 7. The Balaban J connectivity index is 1.43. The van der Waals surface area contributed by atoms with Crippen molar-refractivity contribution in [1.29, 1.82) is 0 Å². The Bertz CT molecular complexity index is 1080. The van der Waals surface area contributed by atoms with Crippen LogP contribution in [0.25, 0.3) is 11.4 Å². The molecule has 0 bridgehead atoms. The van der Waals surface area contributed by atoms with Crippen molar-refractivity contribution in [1.82, 2.24) is 20.2 Å². The van der Waals surface area contributed by atoms with Gasteiger partial charge in [0.1, 0.15) is 11.5 Å². The van der Waals surface area contributed by atoms with E-state index in [0.29, 0.717) is 28.0 Å². The molecule has 1 amide bonds. The maximum Gasteiger partial charge on any atom is 0.230 e. The fraction of sp³-hybridized carbons (Fsp3) is 0.318. The van der Waals surface area contributed by atoms with Crippen molar-refractivity contribution in [3.05, 3.63) is 53.6 Å². The number of aryl methyl sites for hydroxylation is 1. The SMILES string of the molecule is COc1ccc(-c2nnc(SCC(=O)N[C@H]3CCCc4ccccc43)n2N)c(OC)c1. The zero-order valence-corrected chi connectivity index (χ0v) is 18.3. The highest BCUT2D eigenvalue weighted by molar-refractivity contribution is 7.99. The lowest BCUT2D eigenvalue weighted by atomic mass is 9.88. The summed E-state index contributed by atoms with van der Waals surface area (Å²) in [6, 6.07) is 13.7. The maximum atomic E-state index is 12.6. The van der Waals surface area contributed by atoms with Gasteiger partial charge in [0, 0.05) is 6.07 Å². The van der Waals surface area contributed by atoms with Crippen LogP contribution < -0.4 is 20.6 Å². The topological polar surface area (TPSA) is 104 Å². The molecule has 1 aliphatic rings. The minimum Gasteiger partial charge on any atom is -0.497 e. The monoisotopic (exact) mass is 439 g/mol. The summed E-state index contributed by atoms with van der Waals surface area (Å²) in [5.41, 5.74) is 3.21. The van der Waals surface area contributed by atoms with E-state index in [-0.39, 0.29) is 17.7 Å². The number of fused-ring (bicyclic) bond motifs is 1. The molecule has 1 heterocycles. The smallest absolute Gasteiger partial charge is 0.230 e. The molecular weight excluding hydrogens is 414 g/mol. The number of hydrogen-bond donors (Lipinski definition) is 2. The van der Waals surface area contributed by atoms with Gasteiger partial charge < -0.3 is 20.6 Å². The van der Waals surface area contributed by atoms with E-state index in [1.807, 2.05) is 18.2 Å². The second-order valence-electron chi connectivity index (χ2n) is 7.24. The fourth-order valence-electron chi connectivity index (χ4n) is 3.81. The van der Waals surface area contributed by atoms with Crippen LogP contribution in [0.1, 0.15) is 30.0 Å². The zero-order chi connectivity index (χ0) is 21.8. The van der Waals surface area contributed by atoms with Crippen molar-refractivity contribution >= 4 is 17.7 Å². The van der Waals surface area contributed by atoms with Gasteiger partial charge in [-0.3, -0.25) is 4.79 Å². The standard InChI is InChI=1S/C22H25N5O3S/c1-29-15-10-11-17(19(12-15)30-2)21-25-26-22(27(21)23)31-13-20(28)24-18-9-5-7-14-6-3-4-8-16(14)18/h3-4,6,8,10-12,18H,5,7,9,13,23H2,1-2H3,(H,24,28)/t18-/m0/s1. The largest absolute Gasteiger partial charge is 0.497 e. The quantitative estimate of drug-likeness (QED) is 0.431. The van der Waals surface area contributed by atoms with Gasteiger partial charge in [-0.2, -0.15) is 0 Å². The highest BCUT2D eigenvalue weighted by atomic mass is 32.2. The number of benzene rings is 2. The van der Waals surface area contributed by atoms with Gasteiger partial charge in [0.05, 0.1) is 31.6 Å². The predicted molar refractivity (Wildman–Crippen MR) is 120 cm³/mol. The van der Waals surface area contributed by atoms with E-state index in [1.165, 1.54) is 27.6 Å². The molecule has 2 aromatic carbocycles. The molecular formula is C22H25N5O3S. The van der Waals surface area contributed by atoms with Crippen molar-refractivity contribution in [2.24, 2.45) is 0 Å². The molecule has 0 aliphatic heterocycles. The van der Waals surface area contributed by atoms with E-state index in [0.717, 1.165) is 19.3 Å². The first-order valence-electron chi connectivity index (χ1n) is 10.0. The Labute approximate surface area is 185 Å². The van der Waals surface area contributed by atoms with Crippen LogP contribution in [0.3, 0.4) is 0 Å². The summed E-state index contributed by atoms with van der Waals surface area (Å²) >= 11 is 1.25. The highest BCUT2D eigenvalue weighted by Gasteiger charge is 2.22. The van der Waals surface area contributed by atoms with Crippen LogP contribution in [-0.2, 0) is 11.2 Å². The summed E-state index contributed by atoms with van der Waals surface area (Å²) in [5.74, 6) is 8.05. The molecule has 1 aliphatic carbocycles. The van der Waals surface area contributed by atoms with Gasteiger partial charge in [-0.1, -0.05) is 36.0 Å². The summed E-state index contributed by atoms with van der Waals surface area (Å²) in [7, 11) is 3.16. The third kappa shape index (κ3) is 4.46. The summed E-state index contributed by atoms with van der Waals surface area (Å²) in [4.78, 5) is 12.6. The molecule has 31 heavy (non-hydrogen) atoms. The minimum absolute atomic E-state index is 0.0490. The number of carbonyl (C=O) groups is 1. The second-order valence-corrected chi connectivity index (χ2v) is 8.18. The molecule has 4 rings (SSSR count).